The summed E-state index contributed by atoms with van der Waals surface area (Å²) >= 11 is 0. The van der Waals surface area contributed by atoms with Gasteiger partial charge in [0.25, 0.3) is 5.91 Å². The van der Waals surface area contributed by atoms with Gasteiger partial charge in [-0.1, -0.05) is 24.3 Å². The largest absolute Gasteiger partial charge is 0.457 e. The number of ether oxygens (including phenoxy) is 1. The second kappa shape index (κ2) is 11.1. The number of likely N-dealkylation sites (N-methyl/N-ethyl adjacent to an activating group) is 1. The average molecular weight is 489 g/mol. The Morgan fingerprint density at radius 3 is 2.47 bits per heavy atom. The Balaban J connectivity index is 1.56. The van der Waals surface area contributed by atoms with Crippen LogP contribution in [0, 0.1) is 0 Å². The summed E-state index contributed by atoms with van der Waals surface area (Å²) in [4.78, 5) is 28.8. The van der Waals surface area contributed by atoms with Crippen LogP contribution in [0.1, 0.15) is 29.2 Å². The lowest BCUT2D eigenvalue weighted by atomic mass is 10.1. The fourth-order valence-corrected chi connectivity index (χ4v) is 4.30. The van der Waals surface area contributed by atoms with Crippen molar-refractivity contribution in [2.24, 2.45) is 5.73 Å². The van der Waals surface area contributed by atoms with Gasteiger partial charge in [0.2, 0.25) is 5.91 Å². The Morgan fingerprint density at radius 1 is 1.11 bits per heavy atom. The van der Waals surface area contributed by atoms with E-state index in [1.165, 1.54) is 0 Å². The first-order valence-corrected chi connectivity index (χ1v) is 11.9. The van der Waals surface area contributed by atoms with Crippen LogP contribution < -0.4 is 16.2 Å². The number of primary amides is 1. The normalized spacial score (nSPS) is 16.0. The number of carbonyl (C=O) groups excluding carboxylic acids is 2. The molecule has 1 aromatic heterocycles. The third-order valence-electron chi connectivity index (χ3n) is 6.09. The molecule has 188 valence electrons. The van der Waals surface area contributed by atoms with Crippen molar-refractivity contribution in [3.8, 4) is 22.8 Å². The summed E-state index contributed by atoms with van der Waals surface area (Å²) in [6.07, 6.45) is 5.05. The highest BCUT2D eigenvalue weighted by Crippen LogP contribution is 2.33. The number of nitrogens with two attached hydrogens (primary N) is 2. The summed E-state index contributed by atoms with van der Waals surface area (Å²) in [6.45, 7) is 1.81. The number of aromatic nitrogens is 2. The van der Waals surface area contributed by atoms with Crippen molar-refractivity contribution in [2.45, 2.75) is 18.9 Å². The first kappa shape index (κ1) is 25.0. The van der Waals surface area contributed by atoms with E-state index in [9.17, 15) is 9.59 Å². The van der Waals surface area contributed by atoms with Gasteiger partial charge in [-0.2, -0.15) is 5.10 Å². The van der Waals surface area contributed by atoms with Crippen LogP contribution in [-0.4, -0.2) is 65.1 Å². The number of para-hydroxylation sites is 1. The zero-order valence-electron chi connectivity index (χ0n) is 20.6. The predicted molar refractivity (Wildman–Crippen MR) is 140 cm³/mol. The second-order valence-corrected chi connectivity index (χ2v) is 9.10. The van der Waals surface area contributed by atoms with Crippen molar-refractivity contribution in [1.82, 2.24) is 19.6 Å². The van der Waals surface area contributed by atoms with Crippen LogP contribution in [-0.2, 0) is 4.79 Å². The SMILES string of the molecule is CN(C)CC=CC(=O)N1CCCC(n2nc(-c3ccc(Oc4ccccc4)cc3)c(C(N)=O)c2N)C1. The summed E-state index contributed by atoms with van der Waals surface area (Å²) in [6, 6.07) is 16.6. The minimum Gasteiger partial charge on any atom is -0.457 e. The molecule has 9 nitrogen and oxygen atoms in total. The molecule has 1 atom stereocenters. The number of piperidine rings is 1. The molecule has 0 aliphatic carbocycles. The van der Waals surface area contributed by atoms with Crippen molar-refractivity contribution >= 4 is 17.6 Å². The molecule has 1 unspecified atom stereocenters. The highest BCUT2D eigenvalue weighted by Gasteiger charge is 2.29. The van der Waals surface area contributed by atoms with Gasteiger partial charge in [0, 0.05) is 31.3 Å². The first-order valence-electron chi connectivity index (χ1n) is 11.9. The molecule has 4 N–H and O–H groups in total. The van der Waals surface area contributed by atoms with E-state index in [-0.39, 0.29) is 23.3 Å². The molecular weight excluding hydrogens is 456 g/mol. The van der Waals surface area contributed by atoms with Crippen molar-refractivity contribution in [1.29, 1.82) is 0 Å². The van der Waals surface area contributed by atoms with Crippen LogP contribution in [0.2, 0.25) is 0 Å². The molecule has 0 spiro atoms. The van der Waals surface area contributed by atoms with E-state index in [4.69, 9.17) is 21.3 Å². The molecule has 3 aromatic rings. The molecular formula is C27H32N6O3. The molecule has 2 heterocycles. The number of carbonyl (C=O) groups is 2. The maximum absolute atomic E-state index is 12.7. The van der Waals surface area contributed by atoms with E-state index in [2.05, 4.69) is 0 Å². The zero-order valence-corrected chi connectivity index (χ0v) is 20.6. The van der Waals surface area contributed by atoms with E-state index in [0.717, 1.165) is 18.6 Å². The smallest absolute Gasteiger partial charge is 0.254 e. The fourth-order valence-electron chi connectivity index (χ4n) is 4.30. The Labute approximate surface area is 210 Å². The number of hydrogen-bond acceptors (Lipinski definition) is 6. The Hall–Kier alpha value is -4.11. The number of likely N-dealkylation sites (tertiary alicyclic amines) is 1. The van der Waals surface area contributed by atoms with Gasteiger partial charge in [-0.05, 0) is 63.3 Å². The van der Waals surface area contributed by atoms with E-state index >= 15 is 0 Å². The quantitative estimate of drug-likeness (QED) is 0.470. The number of amides is 2. The summed E-state index contributed by atoms with van der Waals surface area (Å²) < 4.78 is 7.50. The minimum absolute atomic E-state index is 0.0448. The molecule has 1 fully saturated rings. The molecule has 1 saturated heterocycles. The summed E-state index contributed by atoms with van der Waals surface area (Å²) in [7, 11) is 3.90. The Bertz CT molecular complexity index is 1230. The molecule has 9 heteroatoms. The van der Waals surface area contributed by atoms with Crippen molar-refractivity contribution in [3.63, 3.8) is 0 Å². The van der Waals surface area contributed by atoms with Crippen molar-refractivity contribution in [3.05, 3.63) is 72.3 Å². The monoisotopic (exact) mass is 488 g/mol. The lowest BCUT2D eigenvalue weighted by Gasteiger charge is -2.32. The highest BCUT2D eigenvalue weighted by atomic mass is 16.5. The van der Waals surface area contributed by atoms with Crippen LogP contribution in [0.25, 0.3) is 11.3 Å². The average Bonchev–Trinajstić information content (AvgIpc) is 3.22. The number of nitrogen functional groups attached to an aromatic ring is 1. The van der Waals surface area contributed by atoms with Crippen LogP contribution >= 0.6 is 0 Å². The van der Waals surface area contributed by atoms with E-state index in [1.807, 2.05) is 79.7 Å². The Kier molecular flexibility index (Phi) is 7.70. The molecule has 0 saturated carbocycles. The molecule has 1 aliphatic rings. The zero-order chi connectivity index (χ0) is 25.7. The summed E-state index contributed by atoms with van der Waals surface area (Å²) in [5, 5.41) is 4.71. The lowest BCUT2D eigenvalue weighted by molar-refractivity contribution is -0.127. The Morgan fingerprint density at radius 2 is 1.81 bits per heavy atom. The number of nitrogens with zero attached hydrogens (tertiary/aromatic N) is 4. The lowest BCUT2D eigenvalue weighted by Crippen LogP contribution is -2.40. The van der Waals surface area contributed by atoms with Gasteiger partial charge in [-0.15, -0.1) is 0 Å². The van der Waals surface area contributed by atoms with Gasteiger partial charge < -0.3 is 26.0 Å². The third-order valence-corrected chi connectivity index (χ3v) is 6.09. The van der Waals surface area contributed by atoms with Gasteiger partial charge in [0.1, 0.15) is 28.6 Å². The number of hydrogen-bond donors (Lipinski definition) is 2. The molecule has 4 rings (SSSR count). The van der Waals surface area contributed by atoms with Crippen LogP contribution in [0.4, 0.5) is 5.82 Å². The van der Waals surface area contributed by atoms with Gasteiger partial charge in [-0.25, -0.2) is 4.68 Å². The van der Waals surface area contributed by atoms with E-state index in [1.54, 1.807) is 15.7 Å². The summed E-state index contributed by atoms with van der Waals surface area (Å²) in [5.74, 6) is 0.904. The van der Waals surface area contributed by atoms with Gasteiger partial charge in [0.15, 0.2) is 0 Å². The molecule has 0 bridgehead atoms. The topological polar surface area (TPSA) is 120 Å². The van der Waals surface area contributed by atoms with Crippen molar-refractivity contribution in [2.75, 3.05) is 39.5 Å². The second-order valence-electron chi connectivity index (χ2n) is 9.10. The molecule has 2 aromatic carbocycles. The number of anilines is 1. The number of rotatable bonds is 8. The molecule has 36 heavy (non-hydrogen) atoms. The van der Waals surface area contributed by atoms with E-state index < -0.39 is 5.91 Å². The number of benzene rings is 2. The standard InChI is InChI=1S/C27H32N6O3/c1-31(2)16-7-11-23(34)32-17-6-8-20(18-32)33-26(28)24(27(29)35)25(30-33)19-12-14-22(15-13-19)36-21-9-4-3-5-10-21/h3-5,7,9-15,20H,6,8,16-18,28H2,1-2H3,(H2,29,35). The van der Waals surface area contributed by atoms with Crippen LogP contribution in [0.5, 0.6) is 11.5 Å². The maximum atomic E-state index is 12.7. The fraction of sp³-hybridized carbons (Fsp3) is 0.296. The molecule has 2 amide bonds. The first-order chi connectivity index (χ1) is 17.3. The molecule has 1 aliphatic heterocycles. The van der Waals surface area contributed by atoms with Crippen LogP contribution in [0.3, 0.4) is 0 Å². The highest BCUT2D eigenvalue weighted by molar-refractivity contribution is 6.03. The predicted octanol–water partition coefficient (Wildman–Crippen LogP) is 3.30. The van der Waals surface area contributed by atoms with Crippen molar-refractivity contribution < 1.29 is 14.3 Å². The maximum Gasteiger partial charge on any atom is 0.254 e. The van der Waals surface area contributed by atoms with Gasteiger partial charge in [-0.3, -0.25) is 9.59 Å². The van der Waals surface area contributed by atoms with E-state index in [0.29, 0.717) is 36.6 Å². The van der Waals surface area contributed by atoms with Crippen LogP contribution in [0.15, 0.2) is 66.7 Å². The third kappa shape index (κ3) is 5.75. The molecule has 0 radical (unpaired) electrons. The minimum atomic E-state index is -0.645. The van der Waals surface area contributed by atoms with Gasteiger partial charge >= 0.3 is 0 Å². The summed E-state index contributed by atoms with van der Waals surface area (Å²) in [5.41, 5.74) is 13.4. The van der Waals surface area contributed by atoms with Gasteiger partial charge in [0.05, 0.1) is 6.04 Å².